The monoisotopic (exact) mass is 274 g/mol. The van der Waals surface area contributed by atoms with E-state index >= 15 is 0 Å². The van der Waals surface area contributed by atoms with Crippen LogP contribution in [-0.2, 0) is 0 Å². The molecule has 0 aliphatic rings. The summed E-state index contributed by atoms with van der Waals surface area (Å²) in [6.45, 7) is 0. The first-order valence-corrected chi connectivity index (χ1v) is 5.38. The zero-order valence-corrected chi connectivity index (χ0v) is 9.86. The lowest BCUT2D eigenvalue weighted by Gasteiger charge is -2.08. The van der Waals surface area contributed by atoms with Gasteiger partial charge in [-0.2, -0.15) is 0 Å². The van der Waals surface area contributed by atoms with E-state index in [4.69, 9.17) is 23.2 Å². The predicted octanol–water partition coefficient (Wildman–Crippen LogP) is 4.64. The maximum atomic E-state index is 13.5. The van der Waals surface area contributed by atoms with Crippen molar-refractivity contribution in [1.29, 1.82) is 0 Å². The van der Waals surface area contributed by atoms with Gasteiger partial charge in [-0.25, -0.2) is 8.78 Å². The fourth-order valence-electron chi connectivity index (χ4n) is 1.48. The summed E-state index contributed by atoms with van der Waals surface area (Å²) in [5, 5.41) is 9.98. The first-order chi connectivity index (χ1) is 7.99. The maximum absolute atomic E-state index is 13.5. The van der Waals surface area contributed by atoms with Crippen molar-refractivity contribution in [3.63, 3.8) is 0 Å². The molecule has 0 radical (unpaired) electrons. The highest BCUT2D eigenvalue weighted by molar-refractivity contribution is 6.36. The molecule has 0 aliphatic heterocycles. The van der Waals surface area contributed by atoms with Crippen molar-refractivity contribution < 1.29 is 13.9 Å². The molecule has 17 heavy (non-hydrogen) atoms. The van der Waals surface area contributed by atoms with Crippen LogP contribution in [-0.4, -0.2) is 5.11 Å². The predicted molar refractivity (Wildman–Crippen MR) is 63.5 cm³/mol. The van der Waals surface area contributed by atoms with Crippen LogP contribution in [0.25, 0.3) is 11.1 Å². The van der Waals surface area contributed by atoms with E-state index in [0.717, 1.165) is 12.1 Å². The van der Waals surface area contributed by atoms with Gasteiger partial charge < -0.3 is 5.11 Å². The number of phenolic OH excluding ortho intramolecular Hbond substituents is 1. The number of hydrogen-bond donors (Lipinski definition) is 1. The molecule has 2 rings (SSSR count). The molecule has 0 spiro atoms. The largest absolute Gasteiger partial charge is 0.506 e. The molecule has 0 saturated carbocycles. The summed E-state index contributed by atoms with van der Waals surface area (Å²) in [7, 11) is 0. The molecule has 2 aromatic rings. The summed E-state index contributed by atoms with van der Waals surface area (Å²) >= 11 is 11.5. The highest BCUT2D eigenvalue weighted by Crippen LogP contribution is 2.38. The van der Waals surface area contributed by atoms with E-state index in [-0.39, 0.29) is 26.9 Å². The molecule has 0 atom stereocenters. The third kappa shape index (κ3) is 2.35. The molecule has 88 valence electrons. The Kier molecular flexibility index (Phi) is 3.22. The maximum Gasteiger partial charge on any atom is 0.142 e. The standard InChI is InChI=1S/C12H6Cl2F2O/c13-6-3-9(12(17)10(14)4-6)8-2-1-7(15)5-11(8)16/h1-5,17H. The third-order valence-electron chi connectivity index (χ3n) is 2.25. The average Bonchev–Trinajstić information content (AvgIpc) is 2.24. The highest BCUT2D eigenvalue weighted by atomic mass is 35.5. The van der Waals surface area contributed by atoms with Crippen LogP contribution in [0.1, 0.15) is 0 Å². The number of benzene rings is 2. The summed E-state index contributed by atoms with van der Waals surface area (Å²) in [4.78, 5) is 0. The van der Waals surface area contributed by atoms with Crippen molar-refractivity contribution in [1.82, 2.24) is 0 Å². The van der Waals surface area contributed by atoms with E-state index in [1.807, 2.05) is 0 Å². The molecule has 0 aromatic heterocycles. The molecule has 0 saturated heterocycles. The Morgan fingerprint density at radius 1 is 0.941 bits per heavy atom. The van der Waals surface area contributed by atoms with Gasteiger partial charge in [0.15, 0.2) is 0 Å². The summed E-state index contributed by atoms with van der Waals surface area (Å²) in [6, 6.07) is 5.73. The molecular formula is C12H6Cl2F2O. The van der Waals surface area contributed by atoms with E-state index in [9.17, 15) is 13.9 Å². The Bertz CT molecular complexity index is 585. The molecule has 0 aliphatic carbocycles. The van der Waals surface area contributed by atoms with Crippen molar-refractivity contribution in [3.05, 3.63) is 52.0 Å². The zero-order chi connectivity index (χ0) is 12.6. The molecule has 0 amide bonds. The number of phenols is 1. The van der Waals surface area contributed by atoms with E-state index in [0.29, 0.717) is 0 Å². The molecule has 0 heterocycles. The van der Waals surface area contributed by atoms with Crippen molar-refractivity contribution in [2.45, 2.75) is 0 Å². The average molecular weight is 275 g/mol. The minimum absolute atomic E-state index is 0.0104. The van der Waals surface area contributed by atoms with Crippen LogP contribution in [0.2, 0.25) is 10.0 Å². The summed E-state index contributed by atoms with van der Waals surface area (Å²) in [5.74, 6) is -1.78. The highest BCUT2D eigenvalue weighted by Gasteiger charge is 2.14. The second-order valence-corrected chi connectivity index (χ2v) is 4.25. The lowest BCUT2D eigenvalue weighted by molar-refractivity contribution is 0.477. The van der Waals surface area contributed by atoms with E-state index in [2.05, 4.69) is 0 Å². The Morgan fingerprint density at radius 2 is 1.65 bits per heavy atom. The summed E-state index contributed by atoms with van der Waals surface area (Å²) in [5.41, 5.74) is 0.160. The fraction of sp³-hybridized carbons (Fsp3) is 0. The molecule has 1 N–H and O–H groups in total. The van der Waals surface area contributed by atoms with Gasteiger partial charge in [-0.3, -0.25) is 0 Å². The van der Waals surface area contributed by atoms with Crippen molar-refractivity contribution >= 4 is 23.2 Å². The third-order valence-corrected chi connectivity index (χ3v) is 2.76. The Morgan fingerprint density at radius 3 is 2.29 bits per heavy atom. The number of aromatic hydroxyl groups is 1. The van der Waals surface area contributed by atoms with Crippen LogP contribution in [0.5, 0.6) is 5.75 Å². The minimum Gasteiger partial charge on any atom is -0.506 e. The summed E-state index contributed by atoms with van der Waals surface area (Å²) in [6.07, 6.45) is 0. The zero-order valence-electron chi connectivity index (χ0n) is 8.35. The van der Waals surface area contributed by atoms with Gasteiger partial charge in [-0.05, 0) is 24.3 Å². The Balaban J connectivity index is 2.68. The van der Waals surface area contributed by atoms with Gasteiger partial charge >= 0.3 is 0 Å². The van der Waals surface area contributed by atoms with Gasteiger partial charge in [-0.15, -0.1) is 0 Å². The number of rotatable bonds is 1. The van der Waals surface area contributed by atoms with Gasteiger partial charge in [0.25, 0.3) is 0 Å². The van der Waals surface area contributed by atoms with Gasteiger partial charge in [0.1, 0.15) is 17.4 Å². The van der Waals surface area contributed by atoms with Gasteiger partial charge in [-0.1, -0.05) is 23.2 Å². The van der Waals surface area contributed by atoms with E-state index in [1.165, 1.54) is 18.2 Å². The van der Waals surface area contributed by atoms with Crippen LogP contribution in [0.15, 0.2) is 30.3 Å². The second-order valence-electron chi connectivity index (χ2n) is 3.41. The fourth-order valence-corrected chi connectivity index (χ4v) is 1.97. The quantitative estimate of drug-likeness (QED) is 0.803. The van der Waals surface area contributed by atoms with Gasteiger partial charge in [0.05, 0.1) is 5.02 Å². The normalized spacial score (nSPS) is 10.6. The second kappa shape index (κ2) is 4.51. The van der Waals surface area contributed by atoms with Crippen LogP contribution >= 0.6 is 23.2 Å². The molecule has 5 heteroatoms. The first-order valence-electron chi connectivity index (χ1n) is 4.62. The molecule has 2 aromatic carbocycles. The number of halogens is 4. The van der Waals surface area contributed by atoms with Gasteiger partial charge in [0, 0.05) is 22.2 Å². The van der Waals surface area contributed by atoms with Crippen LogP contribution in [0, 0.1) is 11.6 Å². The topological polar surface area (TPSA) is 20.2 Å². The van der Waals surface area contributed by atoms with Crippen molar-refractivity contribution in [2.75, 3.05) is 0 Å². The van der Waals surface area contributed by atoms with Crippen LogP contribution in [0.4, 0.5) is 8.78 Å². The Hall–Kier alpha value is -1.32. The first kappa shape index (κ1) is 12.1. The molecule has 0 unspecified atom stereocenters. The van der Waals surface area contributed by atoms with Crippen LogP contribution in [0.3, 0.4) is 0 Å². The van der Waals surface area contributed by atoms with E-state index in [1.54, 1.807) is 0 Å². The lowest BCUT2D eigenvalue weighted by atomic mass is 10.0. The molecular weight excluding hydrogens is 269 g/mol. The Labute approximate surface area is 106 Å². The van der Waals surface area contributed by atoms with Crippen LogP contribution < -0.4 is 0 Å². The molecule has 1 nitrogen and oxygen atoms in total. The minimum atomic E-state index is -0.793. The lowest BCUT2D eigenvalue weighted by Crippen LogP contribution is -1.87. The molecule has 0 fully saturated rings. The van der Waals surface area contributed by atoms with Gasteiger partial charge in [0.2, 0.25) is 0 Å². The molecule has 0 bridgehead atoms. The smallest absolute Gasteiger partial charge is 0.142 e. The summed E-state index contributed by atoms with van der Waals surface area (Å²) < 4.78 is 26.3. The van der Waals surface area contributed by atoms with Crippen molar-refractivity contribution in [2.24, 2.45) is 0 Å². The van der Waals surface area contributed by atoms with Crippen molar-refractivity contribution in [3.8, 4) is 16.9 Å². The number of hydrogen-bond acceptors (Lipinski definition) is 1. The van der Waals surface area contributed by atoms with E-state index < -0.39 is 11.6 Å². The SMILES string of the molecule is Oc1c(Cl)cc(Cl)cc1-c1ccc(F)cc1F.